The molecule has 2 radical (unpaired) electrons. The van der Waals surface area contributed by atoms with E-state index in [0.29, 0.717) is 5.75 Å². The van der Waals surface area contributed by atoms with E-state index in [-0.39, 0.29) is 59.1 Å². The Morgan fingerprint density at radius 2 is 2.00 bits per heavy atom. The van der Waals surface area contributed by atoms with E-state index in [1.54, 1.807) is 11.4 Å². The number of hydrogen-bond acceptors (Lipinski definition) is 2. The van der Waals surface area contributed by atoms with Crippen LogP contribution >= 0.6 is 11.3 Å². The summed E-state index contributed by atoms with van der Waals surface area (Å²) in [6.45, 7) is 0. The van der Waals surface area contributed by atoms with Gasteiger partial charge in [-0.25, -0.2) is 0 Å². The minimum Gasteiger partial charge on any atom is -0.507 e. The van der Waals surface area contributed by atoms with Gasteiger partial charge in [0.2, 0.25) is 0 Å². The molecule has 4 heteroatoms. The predicted octanol–water partition coefficient (Wildman–Crippen LogP) is 0.692. The van der Waals surface area contributed by atoms with Gasteiger partial charge < -0.3 is 5.11 Å². The normalized spacial score (nSPS) is 6.50. The molecule has 1 nitrogen and oxygen atoms in total. The van der Waals surface area contributed by atoms with Crippen LogP contribution in [-0.2, 0) is 0 Å². The van der Waals surface area contributed by atoms with Crippen LogP contribution in [0.4, 0.5) is 0 Å². The zero-order valence-corrected chi connectivity index (χ0v) is 9.90. The molecule has 0 saturated heterocycles. The first kappa shape index (κ1) is 12.2. The monoisotopic (exact) mass is 146 g/mol. The summed E-state index contributed by atoms with van der Waals surface area (Å²) in [5.74, 6) is 0.361. The molecule has 0 saturated carbocycles. The fourth-order valence-corrected chi connectivity index (χ4v) is 0.772. The van der Waals surface area contributed by atoms with Crippen molar-refractivity contribution < 1.29 is 5.11 Å². The van der Waals surface area contributed by atoms with Gasteiger partial charge in [-0.05, 0) is 11.4 Å². The van der Waals surface area contributed by atoms with Crippen molar-refractivity contribution in [1.29, 1.82) is 0 Å². The molecule has 1 aromatic heterocycles. The third-order valence-corrected chi connectivity index (χ3v) is 1.18. The van der Waals surface area contributed by atoms with Crippen LogP contribution in [0.15, 0.2) is 16.8 Å². The van der Waals surface area contributed by atoms with Crippen LogP contribution in [0.5, 0.6) is 5.75 Å². The summed E-state index contributed by atoms with van der Waals surface area (Å²) in [5.41, 5.74) is 0. The van der Waals surface area contributed by atoms with Crippen molar-refractivity contribution >= 4 is 70.5 Å². The second-order valence-corrected chi connectivity index (χ2v) is 1.76. The summed E-state index contributed by atoms with van der Waals surface area (Å²) in [4.78, 5) is 0. The largest absolute Gasteiger partial charge is 0.507 e. The summed E-state index contributed by atoms with van der Waals surface area (Å²) in [7, 11) is 0. The van der Waals surface area contributed by atoms with Gasteiger partial charge in [-0.15, -0.1) is 11.3 Å². The Morgan fingerprint density at radius 3 is 2.12 bits per heavy atom. The van der Waals surface area contributed by atoms with E-state index in [1.165, 1.54) is 11.3 Å². The summed E-state index contributed by atoms with van der Waals surface area (Å²) in [6.07, 6.45) is 0. The van der Waals surface area contributed by atoms with Gasteiger partial charge >= 0.3 is 0 Å². The zero-order chi connectivity index (χ0) is 4.41. The molecule has 0 aliphatic heterocycles. The average Bonchev–Trinajstić information content (AvgIpc) is 1.86. The van der Waals surface area contributed by atoms with E-state index in [9.17, 15) is 0 Å². The summed E-state index contributed by atoms with van der Waals surface area (Å²) >= 11 is 1.49. The molecule has 0 fully saturated rings. The fourth-order valence-electron chi connectivity index (χ4n) is 0.257. The first-order chi connectivity index (χ1) is 2.89. The fraction of sp³-hybridized carbons (Fsp3) is 0. The van der Waals surface area contributed by atoms with Gasteiger partial charge in [-0.3, -0.25) is 0 Å². The van der Waals surface area contributed by atoms with Crippen molar-refractivity contribution in [2.24, 2.45) is 0 Å². The molecule has 0 unspecified atom stereocenters. The predicted molar refractivity (Wildman–Crippen MR) is 37.5 cm³/mol. The quantitative estimate of drug-likeness (QED) is 0.534. The van der Waals surface area contributed by atoms with E-state index >= 15 is 0 Å². The Hall–Kier alpha value is 1.50. The molecule has 8 heavy (non-hydrogen) atoms. The van der Waals surface area contributed by atoms with Gasteiger partial charge in [-0.2, -0.15) is 0 Å². The maximum atomic E-state index is 8.48. The Morgan fingerprint density at radius 1 is 1.38 bits per heavy atom. The van der Waals surface area contributed by atoms with Crippen molar-refractivity contribution in [3.05, 3.63) is 16.8 Å². The molecular weight excluding hydrogens is 142 g/mol. The smallest absolute Gasteiger partial charge is 0.126 e. The minimum atomic E-state index is 0. The van der Waals surface area contributed by atoms with Crippen molar-refractivity contribution in [1.82, 2.24) is 0 Å². The van der Waals surface area contributed by atoms with Crippen molar-refractivity contribution in [2.75, 3.05) is 0 Å². The summed E-state index contributed by atoms with van der Waals surface area (Å²) < 4.78 is 0. The van der Waals surface area contributed by atoms with Gasteiger partial charge in [0.15, 0.2) is 0 Å². The second kappa shape index (κ2) is 6.62. The number of rotatable bonds is 0. The van der Waals surface area contributed by atoms with Gasteiger partial charge in [0.25, 0.3) is 0 Å². The van der Waals surface area contributed by atoms with Crippen LogP contribution in [0.2, 0.25) is 0 Å². The van der Waals surface area contributed by atoms with E-state index in [0.717, 1.165) is 0 Å². The molecule has 1 aromatic rings. The number of aromatic hydroxyl groups is 1. The minimum absolute atomic E-state index is 0. The van der Waals surface area contributed by atoms with Crippen LogP contribution in [-0.4, -0.2) is 64.2 Å². The SMILES string of the molecule is Oc1ccsc1.[Na].[Na]. The third kappa shape index (κ3) is 4.39. The Balaban J connectivity index is 0. The van der Waals surface area contributed by atoms with Crippen molar-refractivity contribution in [2.45, 2.75) is 0 Å². The molecule has 0 bridgehead atoms. The third-order valence-electron chi connectivity index (χ3n) is 0.506. The maximum absolute atomic E-state index is 8.48. The first-order valence-corrected chi connectivity index (χ1v) is 2.55. The molecule has 1 N–H and O–H groups in total. The molecule has 0 spiro atoms. The van der Waals surface area contributed by atoms with Crippen LogP contribution < -0.4 is 0 Å². The second-order valence-electron chi connectivity index (χ2n) is 0.982. The van der Waals surface area contributed by atoms with Gasteiger partial charge in [0, 0.05) is 64.5 Å². The van der Waals surface area contributed by atoms with Crippen LogP contribution in [0.3, 0.4) is 0 Å². The molecule has 0 aromatic carbocycles. The average molecular weight is 146 g/mol. The summed E-state index contributed by atoms with van der Waals surface area (Å²) in [6, 6.07) is 1.66. The number of hydrogen-bond donors (Lipinski definition) is 1. The topological polar surface area (TPSA) is 20.2 Å². The Kier molecular flexibility index (Phi) is 10.1. The molecule has 1 heterocycles. The van der Waals surface area contributed by atoms with E-state index in [1.807, 2.05) is 5.38 Å². The standard InChI is InChI=1S/C4H4OS.2Na/c5-4-1-2-6-3-4;;/h1-3,5H;;. The zero-order valence-electron chi connectivity index (χ0n) is 5.09. The van der Waals surface area contributed by atoms with Crippen LogP contribution in [0, 0.1) is 0 Å². The van der Waals surface area contributed by atoms with E-state index in [2.05, 4.69) is 0 Å². The maximum Gasteiger partial charge on any atom is 0.126 e. The molecule has 34 valence electrons. The van der Waals surface area contributed by atoms with E-state index in [4.69, 9.17) is 5.11 Å². The van der Waals surface area contributed by atoms with Crippen LogP contribution in [0.1, 0.15) is 0 Å². The first-order valence-electron chi connectivity index (χ1n) is 1.61. The molecule has 0 atom stereocenters. The molecule has 0 aliphatic carbocycles. The number of thiophene rings is 1. The molecule has 0 aliphatic rings. The molecule has 1 rings (SSSR count). The summed E-state index contributed by atoms with van der Waals surface area (Å²) in [5, 5.41) is 12.0. The Bertz CT molecular complexity index is 118. The van der Waals surface area contributed by atoms with Gasteiger partial charge in [-0.1, -0.05) is 0 Å². The van der Waals surface area contributed by atoms with Crippen molar-refractivity contribution in [3.8, 4) is 5.75 Å². The molecular formula is C4H4Na2OS. The van der Waals surface area contributed by atoms with Gasteiger partial charge in [0.05, 0.1) is 0 Å². The van der Waals surface area contributed by atoms with E-state index < -0.39 is 0 Å². The molecule has 0 amide bonds. The Labute approximate surface area is 96.7 Å². The van der Waals surface area contributed by atoms with Crippen LogP contribution in [0.25, 0.3) is 0 Å². The van der Waals surface area contributed by atoms with Gasteiger partial charge in [0.1, 0.15) is 5.75 Å². The van der Waals surface area contributed by atoms with Crippen molar-refractivity contribution in [3.63, 3.8) is 0 Å².